The van der Waals surface area contributed by atoms with Crippen LogP contribution < -0.4 is 5.32 Å². The molecule has 0 saturated carbocycles. The summed E-state index contributed by atoms with van der Waals surface area (Å²) in [6.45, 7) is 10.2. The van der Waals surface area contributed by atoms with Crippen molar-refractivity contribution in [2.45, 2.75) is 39.2 Å². The zero-order chi connectivity index (χ0) is 11.3. The number of nitrogens with one attached hydrogen (secondary N) is 1. The molecular weight excluding hydrogens is 196 g/mol. The lowest BCUT2D eigenvalue weighted by molar-refractivity contribution is 0.524. The van der Waals surface area contributed by atoms with E-state index in [-0.39, 0.29) is 0 Å². The monoisotopic (exact) mass is 216 g/mol. The number of hydrogen-bond acceptors (Lipinski definition) is 1. The topological polar surface area (TPSA) is 17.0 Å². The van der Waals surface area contributed by atoms with Crippen LogP contribution in [0, 0.1) is 6.92 Å². The molecule has 3 rings (SSSR count). The van der Waals surface area contributed by atoms with Crippen LogP contribution >= 0.6 is 0 Å². The van der Waals surface area contributed by atoms with Gasteiger partial charge in [0, 0.05) is 31.0 Å². The minimum absolute atomic E-state index is 0.305. The highest BCUT2D eigenvalue weighted by Gasteiger charge is 2.32. The minimum Gasteiger partial charge on any atom is -0.344 e. The van der Waals surface area contributed by atoms with E-state index >= 15 is 0 Å². The van der Waals surface area contributed by atoms with Gasteiger partial charge < -0.3 is 9.88 Å². The molecule has 0 bridgehead atoms. The fourth-order valence-corrected chi connectivity index (χ4v) is 2.98. The number of rotatable bonds is 0. The highest BCUT2D eigenvalue weighted by Crippen LogP contribution is 2.40. The zero-order valence-electron chi connectivity index (χ0n) is 10.4. The van der Waals surface area contributed by atoms with Crippen molar-refractivity contribution in [2.24, 2.45) is 0 Å². The maximum Gasteiger partial charge on any atom is 0.0489 e. The first-order chi connectivity index (χ1) is 7.59. The summed E-state index contributed by atoms with van der Waals surface area (Å²) in [5.41, 5.74) is 6.26. The maximum atomic E-state index is 3.51. The lowest BCUT2D eigenvalue weighted by Gasteiger charge is -2.29. The van der Waals surface area contributed by atoms with Gasteiger partial charge in [0.1, 0.15) is 0 Å². The zero-order valence-corrected chi connectivity index (χ0v) is 10.4. The summed E-state index contributed by atoms with van der Waals surface area (Å²) in [7, 11) is 0. The Morgan fingerprint density at radius 3 is 3.00 bits per heavy atom. The molecular formula is C14H20N2. The molecule has 0 unspecified atom stereocenters. The predicted octanol–water partition coefficient (Wildman–Crippen LogP) is 2.46. The number of aromatic nitrogens is 1. The normalized spacial score (nSPS) is 22.3. The van der Waals surface area contributed by atoms with Crippen LogP contribution in [0.25, 0.3) is 5.57 Å². The molecule has 1 aliphatic carbocycles. The first-order valence-corrected chi connectivity index (χ1v) is 6.20. The number of hydrogen-bond donors (Lipinski definition) is 1. The van der Waals surface area contributed by atoms with Crippen LogP contribution in [0.2, 0.25) is 0 Å². The molecule has 1 aromatic heterocycles. The third kappa shape index (κ3) is 1.29. The van der Waals surface area contributed by atoms with E-state index in [4.69, 9.17) is 0 Å². The molecule has 0 fully saturated rings. The van der Waals surface area contributed by atoms with Crippen molar-refractivity contribution >= 4 is 5.57 Å². The molecule has 0 atom stereocenters. The minimum atomic E-state index is 0.305. The fraction of sp³-hybridized carbons (Fsp3) is 0.571. The predicted molar refractivity (Wildman–Crippen MR) is 67.7 cm³/mol. The summed E-state index contributed by atoms with van der Waals surface area (Å²) in [6.07, 6.45) is 3.59. The molecule has 0 radical (unpaired) electrons. The number of nitrogens with zero attached hydrogens (tertiary/aromatic N) is 1. The lowest BCUT2D eigenvalue weighted by atomic mass is 9.76. The van der Waals surface area contributed by atoms with Crippen LogP contribution in [-0.2, 0) is 12.0 Å². The summed E-state index contributed by atoms with van der Waals surface area (Å²) < 4.78 is 2.49. The van der Waals surface area contributed by atoms with Gasteiger partial charge >= 0.3 is 0 Å². The van der Waals surface area contributed by atoms with E-state index in [0.29, 0.717) is 5.41 Å². The molecule has 0 spiro atoms. The fourth-order valence-electron chi connectivity index (χ4n) is 2.98. The molecule has 2 nitrogen and oxygen atoms in total. The first-order valence-electron chi connectivity index (χ1n) is 6.20. The Balaban J connectivity index is 2.26. The van der Waals surface area contributed by atoms with Crippen molar-refractivity contribution in [1.82, 2.24) is 9.88 Å². The average molecular weight is 216 g/mol. The van der Waals surface area contributed by atoms with Gasteiger partial charge in [0.05, 0.1) is 0 Å². The van der Waals surface area contributed by atoms with Crippen LogP contribution in [0.5, 0.6) is 0 Å². The lowest BCUT2D eigenvalue weighted by Crippen LogP contribution is -2.23. The third-order valence-corrected chi connectivity index (χ3v) is 4.02. The molecule has 2 heteroatoms. The van der Waals surface area contributed by atoms with Gasteiger partial charge in [0.25, 0.3) is 0 Å². The number of allylic oxidation sites excluding steroid dienone is 1. The van der Waals surface area contributed by atoms with Crippen molar-refractivity contribution in [1.29, 1.82) is 0 Å². The van der Waals surface area contributed by atoms with Crippen molar-refractivity contribution in [2.75, 3.05) is 13.1 Å². The van der Waals surface area contributed by atoms with Gasteiger partial charge in [-0.3, -0.25) is 0 Å². The van der Waals surface area contributed by atoms with E-state index in [9.17, 15) is 0 Å². The average Bonchev–Trinajstić information content (AvgIpc) is 2.46. The molecule has 1 aromatic rings. The van der Waals surface area contributed by atoms with Crippen LogP contribution in [-0.4, -0.2) is 17.7 Å². The van der Waals surface area contributed by atoms with E-state index in [1.54, 1.807) is 5.56 Å². The second-order valence-corrected chi connectivity index (χ2v) is 5.69. The summed E-state index contributed by atoms with van der Waals surface area (Å²) >= 11 is 0. The second kappa shape index (κ2) is 3.24. The van der Waals surface area contributed by atoms with Crippen LogP contribution in [0.3, 0.4) is 0 Å². The Bertz CT molecular complexity index is 463. The highest BCUT2D eigenvalue weighted by molar-refractivity contribution is 5.72. The highest BCUT2D eigenvalue weighted by atomic mass is 15.1. The van der Waals surface area contributed by atoms with Crippen LogP contribution in [0.15, 0.2) is 12.1 Å². The van der Waals surface area contributed by atoms with Gasteiger partial charge in [-0.1, -0.05) is 19.9 Å². The summed E-state index contributed by atoms with van der Waals surface area (Å²) in [4.78, 5) is 0. The third-order valence-electron chi connectivity index (χ3n) is 4.02. The van der Waals surface area contributed by atoms with Crippen molar-refractivity contribution in [3.8, 4) is 0 Å². The van der Waals surface area contributed by atoms with Crippen LogP contribution in [0.4, 0.5) is 0 Å². The van der Waals surface area contributed by atoms with Crippen molar-refractivity contribution in [3.05, 3.63) is 29.1 Å². The van der Waals surface area contributed by atoms with Crippen molar-refractivity contribution < 1.29 is 0 Å². The van der Waals surface area contributed by atoms with Gasteiger partial charge in [-0.2, -0.15) is 0 Å². The molecule has 1 N–H and O–H groups in total. The standard InChI is InChI=1S/C14H20N2/c1-10-8-12-13-11(4-5-14(12,2)3)9-15-6-7-16(10)13/h4,8,15H,5-7,9H2,1-3H3. The van der Waals surface area contributed by atoms with Gasteiger partial charge in [0.15, 0.2) is 0 Å². The summed E-state index contributed by atoms with van der Waals surface area (Å²) in [5.74, 6) is 0. The summed E-state index contributed by atoms with van der Waals surface area (Å²) in [5, 5.41) is 3.51. The molecule has 0 aromatic carbocycles. The molecule has 16 heavy (non-hydrogen) atoms. The quantitative estimate of drug-likeness (QED) is 0.705. The Hall–Kier alpha value is -1.02. The molecule has 1 aliphatic heterocycles. The summed E-state index contributed by atoms with van der Waals surface area (Å²) in [6, 6.07) is 2.40. The van der Waals surface area contributed by atoms with E-state index in [1.165, 1.54) is 23.4 Å². The maximum absolute atomic E-state index is 3.51. The molecule has 2 heterocycles. The van der Waals surface area contributed by atoms with Gasteiger partial charge in [-0.25, -0.2) is 0 Å². The Labute approximate surface area is 97.3 Å². The Morgan fingerprint density at radius 2 is 2.19 bits per heavy atom. The van der Waals surface area contributed by atoms with E-state index in [2.05, 4.69) is 42.8 Å². The van der Waals surface area contributed by atoms with E-state index < -0.39 is 0 Å². The van der Waals surface area contributed by atoms with Crippen LogP contribution in [0.1, 0.15) is 37.2 Å². The first kappa shape index (κ1) is 10.2. The Kier molecular flexibility index (Phi) is 2.05. The largest absolute Gasteiger partial charge is 0.344 e. The molecule has 2 aliphatic rings. The van der Waals surface area contributed by atoms with E-state index in [0.717, 1.165) is 19.6 Å². The number of aryl methyl sites for hydroxylation is 1. The van der Waals surface area contributed by atoms with Gasteiger partial charge in [-0.05, 0) is 36.0 Å². The second-order valence-electron chi connectivity index (χ2n) is 5.69. The van der Waals surface area contributed by atoms with Crippen molar-refractivity contribution in [3.63, 3.8) is 0 Å². The van der Waals surface area contributed by atoms with Gasteiger partial charge in [0.2, 0.25) is 0 Å². The molecule has 0 amide bonds. The Morgan fingerprint density at radius 1 is 1.38 bits per heavy atom. The van der Waals surface area contributed by atoms with E-state index in [1.807, 2.05) is 0 Å². The SMILES string of the molecule is Cc1cc2c3n1CCNCC3=CCC2(C)C. The van der Waals surface area contributed by atoms with Gasteiger partial charge in [-0.15, -0.1) is 0 Å². The molecule has 86 valence electrons. The smallest absolute Gasteiger partial charge is 0.0489 e. The molecule has 0 saturated heterocycles.